The Bertz CT molecular complexity index is 1160. The molecule has 1 aliphatic heterocycles. The first kappa shape index (κ1) is 16.5. The van der Waals surface area contributed by atoms with Crippen molar-refractivity contribution >= 4 is 21.6 Å². The summed E-state index contributed by atoms with van der Waals surface area (Å²) in [6.07, 6.45) is 2.13. The number of hydrogen-bond donors (Lipinski definition) is 1. The first-order chi connectivity index (χ1) is 13.2. The van der Waals surface area contributed by atoms with Gasteiger partial charge in [0.2, 0.25) is 0 Å². The third-order valence-corrected chi connectivity index (χ3v) is 6.41. The number of rotatable bonds is 3. The first-order valence-electron chi connectivity index (χ1n) is 9.16. The quantitative estimate of drug-likeness (QED) is 0.587. The molecule has 136 valence electrons. The number of H-pyrrole nitrogens is 1. The van der Waals surface area contributed by atoms with Gasteiger partial charge in [0.05, 0.1) is 11.9 Å². The fourth-order valence-corrected chi connectivity index (χ4v) is 4.89. The maximum atomic E-state index is 12.6. The van der Waals surface area contributed by atoms with Crippen LogP contribution in [0.15, 0.2) is 59.5 Å². The minimum Gasteiger partial charge on any atom is -0.349 e. The maximum absolute atomic E-state index is 12.6. The fourth-order valence-electron chi connectivity index (χ4n) is 3.83. The Morgan fingerprint density at radius 3 is 2.89 bits per heavy atom. The Labute approximate surface area is 160 Å². The van der Waals surface area contributed by atoms with Gasteiger partial charge in [-0.25, -0.2) is 4.98 Å². The summed E-state index contributed by atoms with van der Waals surface area (Å²) in [7, 11) is 0. The highest BCUT2D eigenvalue weighted by Crippen LogP contribution is 2.31. The van der Waals surface area contributed by atoms with Gasteiger partial charge in [-0.2, -0.15) is 0 Å². The third-order valence-electron chi connectivity index (χ3n) is 5.33. The fraction of sp³-hybridized carbons (Fsp3) is 0.238. The monoisotopic (exact) mass is 376 g/mol. The van der Waals surface area contributed by atoms with E-state index in [1.165, 1.54) is 5.69 Å². The molecule has 0 spiro atoms. The van der Waals surface area contributed by atoms with Gasteiger partial charge in [0.25, 0.3) is 5.56 Å². The molecule has 5 rings (SSSR count). The van der Waals surface area contributed by atoms with Crippen LogP contribution in [0, 0.1) is 0 Å². The van der Waals surface area contributed by atoms with Crippen molar-refractivity contribution in [3.8, 4) is 10.4 Å². The smallest absolute Gasteiger partial charge is 0.259 e. The Kier molecular flexibility index (Phi) is 3.95. The van der Waals surface area contributed by atoms with Crippen LogP contribution in [-0.2, 0) is 13.1 Å². The number of thiophene rings is 1. The van der Waals surface area contributed by atoms with Gasteiger partial charge in [-0.05, 0) is 30.7 Å². The molecule has 1 unspecified atom stereocenters. The normalized spacial score (nSPS) is 17.3. The summed E-state index contributed by atoms with van der Waals surface area (Å²) in [5, 5.41) is 0.670. The number of nitrogens with zero attached hydrogens (tertiary/aromatic N) is 3. The molecule has 4 heterocycles. The SMILES string of the molecule is CC1c2cccn2CCN1Cc1nc2sc(-c3ccccc3)cc2c(=O)[nH]1. The number of benzene rings is 1. The van der Waals surface area contributed by atoms with Crippen molar-refractivity contribution in [3.05, 3.63) is 76.6 Å². The van der Waals surface area contributed by atoms with E-state index in [9.17, 15) is 4.79 Å². The van der Waals surface area contributed by atoms with Gasteiger partial charge in [-0.3, -0.25) is 9.69 Å². The van der Waals surface area contributed by atoms with E-state index >= 15 is 0 Å². The average molecular weight is 376 g/mol. The second-order valence-corrected chi connectivity index (χ2v) is 8.01. The number of nitrogens with one attached hydrogen (secondary N) is 1. The van der Waals surface area contributed by atoms with Crippen LogP contribution >= 0.6 is 11.3 Å². The van der Waals surface area contributed by atoms with Crippen molar-refractivity contribution in [1.29, 1.82) is 0 Å². The second-order valence-electron chi connectivity index (χ2n) is 6.98. The minimum absolute atomic E-state index is 0.0542. The summed E-state index contributed by atoms with van der Waals surface area (Å²) in [4.78, 5) is 24.6. The predicted molar refractivity (Wildman–Crippen MR) is 109 cm³/mol. The molecule has 1 aromatic carbocycles. The van der Waals surface area contributed by atoms with E-state index in [1.807, 2.05) is 24.3 Å². The van der Waals surface area contributed by atoms with Crippen LogP contribution in [0.3, 0.4) is 0 Å². The van der Waals surface area contributed by atoms with Crippen molar-refractivity contribution in [2.45, 2.75) is 26.1 Å². The number of hydrogen-bond acceptors (Lipinski definition) is 4. The maximum Gasteiger partial charge on any atom is 0.259 e. The van der Waals surface area contributed by atoms with Crippen LogP contribution in [-0.4, -0.2) is 26.0 Å². The molecule has 0 amide bonds. The molecule has 4 aromatic rings. The molecule has 6 heteroatoms. The molecule has 0 aliphatic carbocycles. The summed E-state index contributed by atoms with van der Waals surface area (Å²) in [5.41, 5.74) is 2.38. The van der Waals surface area contributed by atoms with Gasteiger partial charge in [0.1, 0.15) is 10.7 Å². The summed E-state index contributed by atoms with van der Waals surface area (Å²) >= 11 is 1.58. The van der Waals surface area contributed by atoms with Gasteiger partial charge in [-0.15, -0.1) is 11.3 Å². The van der Waals surface area contributed by atoms with Crippen LogP contribution in [0.1, 0.15) is 24.5 Å². The predicted octanol–water partition coefficient (Wildman–Crippen LogP) is 4.03. The zero-order valence-electron chi connectivity index (χ0n) is 15.1. The molecule has 0 saturated heterocycles. The molecule has 1 aliphatic rings. The van der Waals surface area contributed by atoms with Crippen LogP contribution in [0.25, 0.3) is 20.7 Å². The minimum atomic E-state index is -0.0542. The zero-order chi connectivity index (χ0) is 18.4. The van der Waals surface area contributed by atoms with Crippen LogP contribution in [0.2, 0.25) is 0 Å². The highest BCUT2D eigenvalue weighted by atomic mass is 32.1. The van der Waals surface area contributed by atoms with Gasteiger partial charge < -0.3 is 9.55 Å². The van der Waals surface area contributed by atoms with Crippen LogP contribution < -0.4 is 5.56 Å². The van der Waals surface area contributed by atoms with Gasteiger partial charge in [0, 0.05) is 35.9 Å². The molecule has 5 nitrogen and oxygen atoms in total. The van der Waals surface area contributed by atoms with Gasteiger partial charge >= 0.3 is 0 Å². The molecule has 0 saturated carbocycles. The third kappa shape index (κ3) is 2.91. The Hall–Kier alpha value is -2.70. The lowest BCUT2D eigenvalue weighted by atomic mass is 10.1. The molecule has 0 radical (unpaired) electrons. The molecular weight excluding hydrogens is 356 g/mol. The molecule has 27 heavy (non-hydrogen) atoms. The van der Waals surface area contributed by atoms with E-state index in [2.05, 4.69) is 51.8 Å². The van der Waals surface area contributed by atoms with Gasteiger partial charge in [-0.1, -0.05) is 30.3 Å². The van der Waals surface area contributed by atoms with Crippen molar-refractivity contribution in [2.24, 2.45) is 0 Å². The molecule has 0 fully saturated rings. The van der Waals surface area contributed by atoms with Crippen molar-refractivity contribution in [3.63, 3.8) is 0 Å². The van der Waals surface area contributed by atoms with E-state index < -0.39 is 0 Å². The standard InChI is InChI=1S/C21H20N4OS/c1-14-17-8-5-9-24(17)10-11-25(14)13-19-22-20(26)16-12-18(27-21(16)23-19)15-6-3-2-4-7-15/h2-9,12,14H,10-11,13H2,1H3,(H,22,23,26). The Morgan fingerprint density at radius 2 is 2.04 bits per heavy atom. The van der Waals surface area contributed by atoms with E-state index in [0.717, 1.165) is 34.2 Å². The average Bonchev–Trinajstić information content (AvgIpc) is 3.32. The Morgan fingerprint density at radius 1 is 1.19 bits per heavy atom. The van der Waals surface area contributed by atoms with Gasteiger partial charge in [0.15, 0.2) is 0 Å². The zero-order valence-corrected chi connectivity index (χ0v) is 15.9. The van der Waals surface area contributed by atoms with E-state index in [-0.39, 0.29) is 5.56 Å². The van der Waals surface area contributed by atoms with Crippen molar-refractivity contribution < 1.29 is 0 Å². The second kappa shape index (κ2) is 6.48. The highest BCUT2D eigenvalue weighted by Gasteiger charge is 2.24. The number of aromatic amines is 1. The lowest BCUT2D eigenvalue weighted by Gasteiger charge is -2.34. The highest BCUT2D eigenvalue weighted by molar-refractivity contribution is 7.21. The molecule has 1 N–H and O–H groups in total. The lowest BCUT2D eigenvalue weighted by molar-refractivity contribution is 0.157. The van der Waals surface area contributed by atoms with Crippen molar-refractivity contribution in [1.82, 2.24) is 19.4 Å². The topological polar surface area (TPSA) is 53.9 Å². The van der Waals surface area contributed by atoms with Crippen molar-refractivity contribution in [2.75, 3.05) is 6.54 Å². The molecule has 0 bridgehead atoms. The van der Waals surface area contributed by atoms with Crippen LogP contribution in [0.4, 0.5) is 0 Å². The summed E-state index contributed by atoms with van der Waals surface area (Å²) in [6.45, 7) is 4.77. The number of aromatic nitrogens is 3. The first-order valence-corrected chi connectivity index (χ1v) is 9.98. The summed E-state index contributed by atoms with van der Waals surface area (Å²) in [5.74, 6) is 0.737. The largest absolute Gasteiger partial charge is 0.349 e. The lowest BCUT2D eigenvalue weighted by Crippen LogP contribution is -2.36. The Balaban J connectivity index is 1.47. The summed E-state index contributed by atoms with van der Waals surface area (Å²) < 4.78 is 2.30. The van der Waals surface area contributed by atoms with Crippen LogP contribution in [0.5, 0.6) is 0 Å². The summed E-state index contributed by atoms with van der Waals surface area (Å²) in [6, 6.07) is 16.6. The van der Waals surface area contributed by atoms with E-state index in [4.69, 9.17) is 4.98 Å². The molecule has 1 atom stereocenters. The van der Waals surface area contributed by atoms with E-state index in [0.29, 0.717) is 18.0 Å². The number of fused-ring (bicyclic) bond motifs is 2. The molecular formula is C21H20N4OS. The van der Waals surface area contributed by atoms with E-state index in [1.54, 1.807) is 11.3 Å². The molecule has 3 aromatic heterocycles.